The molecular weight excluding hydrogens is 336 g/mol. The van der Waals surface area contributed by atoms with Gasteiger partial charge < -0.3 is 10.1 Å². The number of carbonyl (C=O) groups is 2. The lowest BCUT2D eigenvalue weighted by atomic mass is 9.79. The molecule has 1 saturated carbocycles. The van der Waals surface area contributed by atoms with Crippen LogP contribution in [0.2, 0.25) is 0 Å². The first kappa shape index (κ1) is 18.5. The van der Waals surface area contributed by atoms with Crippen LogP contribution in [0.25, 0.3) is 0 Å². The number of carbonyl (C=O) groups excluding carboxylic acids is 2. The molecule has 5 nitrogen and oxygen atoms in total. The number of rotatable bonds is 7. The minimum atomic E-state index is -0.0110. The highest BCUT2D eigenvalue weighted by Gasteiger charge is 2.38. The van der Waals surface area contributed by atoms with Gasteiger partial charge in [0.25, 0.3) is 0 Å². The van der Waals surface area contributed by atoms with Crippen LogP contribution in [0.15, 0.2) is 17.5 Å². The molecule has 6 heteroatoms. The van der Waals surface area contributed by atoms with Crippen molar-refractivity contribution in [1.82, 2.24) is 10.2 Å². The normalized spacial score (nSPS) is 21.0. The molecule has 0 radical (unpaired) electrons. The Morgan fingerprint density at radius 3 is 2.60 bits per heavy atom. The van der Waals surface area contributed by atoms with Gasteiger partial charge in [0.05, 0.1) is 18.1 Å². The van der Waals surface area contributed by atoms with Crippen molar-refractivity contribution in [2.45, 2.75) is 50.5 Å². The predicted octanol–water partition coefficient (Wildman–Crippen LogP) is 2.86. The summed E-state index contributed by atoms with van der Waals surface area (Å²) >= 11 is 1.44. The molecule has 1 aliphatic carbocycles. The fraction of sp³-hybridized carbons (Fsp3) is 0.684. The summed E-state index contributed by atoms with van der Waals surface area (Å²) in [6.45, 7) is 4.16. The molecule has 1 amide bonds. The average molecular weight is 365 g/mol. The highest BCUT2D eigenvalue weighted by atomic mass is 32.1. The minimum Gasteiger partial charge on any atom is -0.379 e. The summed E-state index contributed by atoms with van der Waals surface area (Å²) < 4.78 is 5.50. The molecule has 0 atom stereocenters. The standard InChI is InChI=1S/C19H28N2O3S/c22-16(17-5-4-14-25-17)6-7-18(23)20-15-19(8-2-1-3-9-19)21-10-12-24-13-11-21/h4-5,14H,1-3,6-13,15H2,(H,20,23). The van der Waals surface area contributed by atoms with E-state index in [1.165, 1.54) is 30.6 Å². The fourth-order valence-electron chi connectivity index (χ4n) is 3.99. The zero-order valence-electron chi connectivity index (χ0n) is 14.8. The maximum absolute atomic E-state index is 12.3. The first-order chi connectivity index (χ1) is 12.2. The molecule has 1 saturated heterocycles. The Morgan fingerprint density at radius 2 is 1.92 bits per heavy atom. The summed E-state index contributed by atoms with van der Waals surface area (Å²) in [5, 5.41) is 5.01. The third-order valence-corrected chi connectivity index (χ3v) is 6.37. The van der Waals surface area contributed by atoms with E-state index in [-0.39, 0.29) is 30.1 Å². The number of thiophene rings is 1. The van der Waals surface area contributed by atoms with Crippen LogP contribution >= 0.6 is 11.3 Å². The Balaban J connectivity index is 1.50. The van der Waals surface area contributed by atoms with Gasteiger partial charge in [-0.1, -0.05) is 25.3 Å². The van der Waals surface area contributed by atoms with Crippen molar-refractivity contribution in [3.63, 3.8) is 0 Å². The van der Waals surface area contributed by atoms with Crippen molar-refractivity contribution in [2.24, 2.45) is 0 Å². The number of Topliss-reactive ketones (excluding diaryl/α,β-unsaturated/α-hetero) is 1. The Labute approximate surface area is 153 Å². The molecule has 0 unspecified atom stereocenters. The van der Waals surface area contributed by atoms with Gasteiger partial charge in [0, 0.05) is 38.0 Å². The Kier molecular flexibility index (Phi) is 6.62. The third kappa shape index (κ3) is 4.90. The molecule has 138 valence electrons. The van der Waals surface area contributed by atoms with Crippen molar-refractivity contribution >= 4 is 23.0 Å². The van der Waals surface area contributed by atoms with Gasteiger partial charge in [-0.2, -0.15) is 0 Å². The number of hydrogen-bond acceptors (Lipinski definition) is 5. The first-order valence-corrected chi connectivity index (χ1v) is 10.2. The zero-order valence-corrected chi connectivity index (χ0v) is 15.6. The SMILES string of the molecule is O=C(CCC(=O)c1cccs1)NCC1(N2CCOCC2)CCCCC1. The minimum absolute atomic E-state index is 0.0110. The van der Waals surface area contributed by atoms with Crippen LogP contribution in [0.1, 0.15) is 54.6 Å². The number of ether oxygens (including phenoxy) is 1. The summed E-state index contributed by atoms with van der Waals surface area (Å²) in [5.41, 5.74) is 0.0788. The first-order valence-electron chi connectivity index (χ1n) is 9.36. The lowest BCUT2D eigenvalue weighted by molar-refractivity contribution is -0.122. The second-order valence-corrected chi connectivity index (χ2v) is 8.01. The summed E-state index contributed by atoms with van der Waals surface area (Å²) in [4.78, 5) is 27.6. The summed E-state index contributed by atoms with van der Waals surface area (Å²) in [6.07, 6.45) is 6.58. The molecule has 1 aliphatic heterocycles. The average Bonchev–Trinajstić information content (AvgIpc) is 3.21. The van der Waals surface area contributed by atoms with Crippen LogP contribution in [0.3, 0.4) is 0 Å². The van der Waals surface area contributed by atoms with Crippen LogP contribution in [0.5, 0.6) is 0 Å². The maximum Gasteiger partial charge on any atom is 0.220 e. The van der Waals surface area contributed by atoms with Gasteiger partial charge in [0.2, 0.25) is 5.91 Å². The van der Waals surface area contributed by atoms with Crippen LogP contribution in [-0.2, 0) is 9.53 Å². The van der Waals surface area contributed by atoms with E-state index in [0.717, 1.165) is 44.0 Å². The highest BCUT2D eigenvalue weighted by molar-refractivity contribution is 7.12. The second-order valence-electron chi connectivity index (χ2n) is 7.06. The maximum atomic E-state index is 12.3. The summed E-state index contributed by atoms with van der Waals surface area (Å²) in [7, 11) is 0. The zero-order chi connectivity index (χ0) is 17.5. The molecule has 2 heterocycles. The lowest BCUT2D eigenvalue weighted by Gasteiger charge is -2.48. The van der Waals surface area contributed by atoms with Gasteiger partial charge in [0.15, 0.2) is 5.78 Å². The largest absolute Gasteiger partial charge is 0.379 e. The highest BCUT2D eigenvalue weighted by Crippen LogP contribution is 2.33. The quantitative estimate of drug-likeness (QED) is 0.756. The van der Waals surface area contributed by atoms with Gasteiger partial charge >= 0.3 is 0 Å². The lowest BCUT2D eigenvalue weighted by Crippen LogP contribution is -2.59. The molecule has 2 fully saturated rings. The number of amides is 1. The molecular formula is C19H28N2O3S. The predicted molar refractivity (Wildman–Crippen MR) is 99.1 cm³/mol. The summed E-state index contributed by atoms with van der Waals surface area (Å²) in [6, 6.07) is 3.69. The van der Waals surface area contributed by atoms with E-state index in [1.54, 1.807) is 0 Å². The van der Waals surface area contributed by atoms with E-state index >= 15 is 0 Å². The van der Waals surface area contributed by atoms with E-state index in [9.17, 15) is 9.59 Å². The van der Waals surface area contributed by atoms with E-state index in [4.69, 9.17) is 4.74 Å². The van der Waals surface area contributed by atoms with E-state index in [2.05, 4.69) is 10.2 Å². The molecule has 3 rings (SSSR count). The Bertz CT molecular complexity index is 561. The van der Waals surface area contributed by atoms with E-state index in [1.807, 2.05) is 17.5 Å². The van der Waals surface area contributed by atoms with Crippen molar-refractivity contribution < 1.29 is 14.3 Å². The number of hydrogen-bond donors (Lipinski definition) is 1. The monoisotopic (exact) mass is 364 g/mol. The van der Waals surface area contributed by atoms with Crippen molar-refractivity contribution in [3.05, 3.63) is 22.4 Å². The fourth-order valence-corrected chi connectivity index (χ4v) is 4.69. The molecule has 1 aromatic rings. The Morgan fingerprint density at radius 1 is 1.16 bits per heavy atom. The van der Waals surface area contributed by atoms with Crippen LogP contribution in [-0.4, -0.2) is 55.0 Å². The van der Waals surface area contributed by atoms with E-state index < -0.39 is 0 Å². The topological polar surface area (TPSA) is 58.6 Å². The molecule has 25 heavy (non-hydrogen) atoms. The molecule has 0 spiro atoms. The second kappa shape index (κ2) is 8.92. The van der Waals surface area contributed by atoms with Gasteiger partial charge in [0.1, 0.15) is 0 Å². The summed E-state index contributed by atoms with van der Waals surface area (Å²) in [5.74, 6) is 0.0498. The molecule has 1 N–H and O–H groups in total. The van der Waals surface area contributed by atoms with Crippen molar-refractivity contribution in [1.29, 1.82) is 0 Å². The number of morpholine rings is 1. The van der Waals surface area contributed by atoms with Gasteiger partial charge in [-0.05, 0) is 24.3 Å². The number of nitrogens with one attached hydrogen (secondary N) is 1. The van der Waals surface area contributed by atoms with E-state index in [0.29, 0.717) is 6.54 Å². The molecule has 2 aliphatic rings. The van der Waals surface area contributed by atoms with Crippen molar-refractivity contribution in [2.75, 3.05) is 32.8 Å². The van der Waals surface area contributed by atoms with Crippen LogP contribution < -0.4 is 5.32 Å². The molecule has 1 aromatic heterocycles. The molecule has 0 aromatic carbocycles. The van der Waals surface area contributed by atoms with Gasteiger partial charge in [-0.3, -0.25) is 14.5 Å². The smallest absolute Gasteiger partial charge is 0.220 e. The molecule has 0 bridgehead atoms. The van der Waals surface area contributed by atoms with Crippen LogP contribution in [0, 0.1) is 0 Å². The van der Waals surface area contributed by atoms with Crippen LogP contribution in [0.4, 0.5) is 0 Å². The van der Waals surface area contributed by atoms with Gasteiger partial charge in [-0.15, -0.1) is 11.3 Å². The third-order valence-electron chi connectivity index (χ3n) is 5.46. The number of nitrogens with zero attached hydrogens (tertiary/aromatic N) is 1. The number of ketones is 1. The van der Waals surface area contributed by atoms with Crippen molar-refractivity contribution in [3.8, 4) is 0 Å². The van der Waals surface area contributed by atoms with Gasteiger partial charge in [-0.25, -0.2) is 0 Å². The Hall–Kier alpha value is -1.24.